The second-order valence-electron chi connectivity index (χ2n) is 8.68. The van der Waals surface area contributed by atoms with Crippen molar-refractivity contribution >= 4 is 38.3 Å². The third-order valence-corrected chi connectivity index (χ3v) is 6.87. The molecule has 0 unspecified atom stereocenters. The molecule has 0 saturated carbocycles. The lowest BCUT2D eigenvalue weighted by atomic mass is 9.83. The summed E-state index contributed by atoms with van der Waals surface area (Å²) in [7, 11) is -3.63. The number of anilines is 1. The van der Waals surface area contributed by atoms with Gasteiger partial charge >= 0.3 is 0 Å². The van der Waals surface area contributed by atoms with Crippen LogP contribution in [-0.2, 0) is 9.84 Å². The summed E-state index contributed by atoms with van der Waals surface area (Å²) in [6.45, 7) is 6.19. The molecular weight excluding hydrogens is 436 g/mol. The highest BCUT2D eigenvalue weighted by molar-refractivity contribution is 7.91. The highest BCUT2D eigenvalue weighted by Gasteiger charge is 2.28. The van der Waals surface area contributed by atoms with Gasteiger partial charge in [-0.05, 0) is 17.9 Å². The lowest BCUT2D eigenvalue weighted by molar-refractivity contribution is 0.249. The molecule has 0 aliphatic carbocycles. The zero-order valence-corrected chi connectivity index (χ0v) is 19.0. The van der Waals surface area contributed by atoms with E-state index in [0.717, 1.165) is 25.8 Å². The van der Waals surface area contributed by atoms with Crippen LogP contribution in [0.4, 0.5) is 5.95 Å². The van der Waals surface area contributed by atoms with Crippen molar-refractivity contribution in [1.29, 1.82) is 5.26 Å². The fourth-order valence-corrected chi connectivity index (χ4v) is 5.39. The minimum absolute atomic E-state index is 0.0298. The molecule has 1 aromatic carbocycles. The molecule has 3 heterocycles. The van der Waals surface area contributed by atoms with E-state index in [9.17, 15) is 13.7 Å². The van der Waals surface area contributed by atoms with E-state index in [1.807, 2.05) is 6.07 Å². The molecule has 3 N–H and O–H groups in total. The maximum absolute atomic E-state index is 12.3. The van der Waals surface area contributed by atoms with Crippen molar-refractivity contribution in [3.8, 4) is 17.3 Å². The first-order valence-corrected chi connectivity index (χ1v) is 12.1. The first-order valence-electron chi connectivity index (χ1n) is 9.83. The predicted molar refractivity (Wildman–Crippen MR) is 121 cm³/mol. The van der Waals surface area contributed by atoms with Crippen molar-refractivity contribution in [2.24, 2.45) is 5.41 Å². The number of hydrogen-bond acceptors (Lipinski definition) is 7. The number of halogens is 1. The van der Waals surface area contributed by atoms with Gasteiger partial charge in [-0.2, -0.15) is 5.26 Å². The number of aromatic amines is 1. The van der Waals surface area contributed by atoms with E-state index in [-0.39, 0.29) is 21.9 Å². The number of H-pyrrole nitrogens is 1. The van der Waals surface area contributed by atoms with Gasteiger partial charge < -0.3 is 15.6 Å². The van der Waals surface area contributed by atoms with E-state index < -0.39 is 9.84 Å². The van der Waals surface area contributed by atoms with Crippen molar-refractivity contribution in [2.75, 3.05) is 24.7 Å². The van der Waals surface area contributed by atoms with Crippen molar-refractivity contribution < 1.29 is 8.42 Å². The van der Waals surface area contributed by atoms with Crippen molar-refractivity contribution in [3.05, 3.63) is 35.1 Å². The lowest BCUT2D eigenvalue weighted by Crippen LogP contribution is -2.47. The minimum atomic E-state index is -3.63. The van der Waals surface area contributed by atoms with E-state index >= 15 is 0 Å². The molecule has 162 valence electrons. The summed E-state index contributed by atoms with van der Waals surface area (Å²) < 4.78 is 24.7. The number of hydrogen-bond donors (Lipinski definition) is 3. The summed E-state index contributed by atoms with van der Waals surface area (Å²) in [4.78, 5) is 11.9. The Bertz CT molecular complexity index is 1310. The van der Waals surface area contributed by atoms with Gasteiger partial charge in [-0.3, -0.25) is 0 Å². The van der Waals surface area contributed by atoms with Crippen molar-refractivity contribution in [3.63, 3.8) is 0 Å². The highest BCUT2D eigenvalue weighted by atomic mass is 35.5. The van der Waals surface area contributed by atoms with Gasteiger partial charge in [0.2, 0.25) is 5.95 Å². The Balaban J connectivity index is 1.77. The van der Waals surface area contributed by atoms with Crippen LogP contribution in [0.25, 0.3) is 22.2 Å². The molecule has 4 rings (SSSR count). The van der Waals surface area contributed by atoms with Gasteiger partial charge in [-0.1, -0.05) is 31.5 Å². The van der Waals surface area contributed by atoms with Gasteiger partial charge in [0, 0.05) is 42.5 Å². The molecule has 0 amide bonds. The molecule has 1 atom stereocenters. The lowest BCUT2D eigenvalue weighted by Gasteiger charge is -2.36. The number of aromatic nitrogens is 3. The van der Waals surface area contributed by atoms with E-state index in [1.54, 1.807) is 12.3 Å². The zero-order chi connectivity index (χ0) is 22.4. The standard InChI is InChI=1S/C21H23ClN6O2S/c1-21(2)6-13(8-24-11-21)27-20-26-10-16(22)17(28-20)15-9-25-18-14(15)5-4-12(7-23)19(18)31(3,29)30/h4-5,9-10,13,24-25H,6,8,11H2,1-3H3,(H,26,27,28)/t13-/m0/s1. The zero-order valence-electron chi connectivity index (χ0n) is 17.5. The van der Waals surface area contributed by atoms with Gasteiger partial charge in [-0.15, -0.1) is 0 Å². The van der Waals surface area contributed by atoms with Gasteiger partial charge in [0.25, 0.3) is 0 Å². The van der Waals surface area contributed by atoms with Crippen LogP contribution in [0.1, 0.15) is 25.8 Å². The maximum Gasteiger partial charge on any atom is 0.223 e. The van der Waals surface area contributed by atoms with Crippen LogP contribution in [0, 0.1) is 16.7 Å². The van der Waals surface area contributed by atoms with Crippen LogP contribution in [0.5, 0.6) is 0 Å². The quantitative estimate of drug-likeness (QED) is 0.547. The number of nitrogens with one attached hydrogen (secondary N) is 3. The Kier molecular flexibility index (Phi) is 5.41. The summed E-state index contributed by atoms with van der Waals surface area (Å²) in [6.07, 6.45) is 5.25. The fraction of sp³-hybridized carbons (Fsp3) is 0.381. The van der Waals surface area contributed by atoms with Gasteiger partial charge in [0.1, 0.15) is 11.0 Å². The first kappa shape index (κ1) is 21.6. The Morgan fingerprint density at radius 1 is 1.35 bits per heavy atom. The van der Waals surface area contributed by atoms with Gasteiger partial charge in [0.15, 0.2) is 9.84 Å². The average molecular weight is 459 g/mol. The van der Waals surface area contributed by atoms with Crippen LogP contribution in [0.3, 0.4) is 0 Å². The summed E-state index contributed by atoms with van der Waals surface area (Å²) in [5, 5.41) is 17.1. The van der Waals surface area contributed by atoms with Crippen LogP contribution in [-0.4, -0.2) is 48.8 Å². The molecule has 2 aromatic heterocycles. The number of nitrogens with zero attached hydrogens (tertiary/aromatic N) is 3. The summed E-state index contributed by atoms with van der Waals surface area (Å²) >= 11 is 6.41. The largest absolute Gasteiger partial charge is 0.359 e. The van der Waals surface area contributed by atoms with Gasteiger partial charge in [0.05, 0.1) is 28.0 Å². The number of piperidine rings is 1. The monoisotopic (exact) mass is 458 g/mol. The van der Waals surface area contributed by atoms with Crippen LogP contribution >= 0.6 is 11.6 Å². The first-order chi connectivity index (χ1) is 14.6. The molecule has 1 saturated heterocycles. The van der Waals surface area contributed by atoms with Crippen molar-refractivity contribution in [2.45, 2.75) is 31.2 Å². The molecule has 31 heavy (non-hydrogen) atoms. The minimum Gasteiger partial charge on any atom is -0.359 e. The summed E-state index contributed by atoms with van der Waals surface area (Å²) in [6, 6.07) is 5.33. The number of nitriles is 1. The number of fused-ring (bicyclic) bond motifs is 1. The van der Waals surface area contributed by atoms with E-state index in [0.29, 0.717) is 33.1 Å². The predicted octanol–water partition coefficient (Wildman–Crippen LogP) is 3.35. The molecule has 8 nitrogen and oxygen atoms in total. The molecule has 1 aliphatic heterocycles. The average Bonchev–Trinajstić information content (AvgIpc) is 3.10. The normalized spacial score (nSPS) is 18.6. The Morgan fingerprint density at radius 3 is 2.81 bits per heavy atom. The Labute approximate surface area is 186 Å². The molecule has 0 radical (unpaired) electrons. The Hall–Kier alpha value is -2.67. The number of sulfone groups is 1. The molecule has 0 spiro atoms. The summed E-state index contributed by atoms with van der Waals surface area (Å²) in [5.74, 6) is 0.454. The molecule has 0 bridgehead atoms. The van der Waals surface area contributed by atoms with E-state index in [4.69, 9.17) is 11.6 Å². The van der Waals surface area contributed by atoms with Crippen LogP contribution in [0.15, 0.2) is 29.4 Å². The molecule has 10 heteroatoms. The Morgan fingerprint density at radius 2 is 2.13 bits per heavy atom. The second-order valence-corrected chi connectivity index (χ2v) is 11.0. The smallest absolute Gasteiger partial charge is 0.223 e. The third kappa shape index (κ3) is 4.24. The number of benzene rings is 1. The molecule has 1 fully saturated rings. The fourth-order valence-electron chi connectivity index (χ4n) is 4.15. The SMILES string of the molecule is CC1(C)CNC[C@@H](Nc2ncc(Cl)c(-c3c[nH]c4c(S(C)(=O)=O)c(C#N)ccc34)n2)C1. The number of rotatable bonds is 4. The van der Waals surface area contributed by atoms with Crippen molar-refractivity contribution in [1.82, 2.24) is 20.3 Å². The van der Waals surface area contributed by atoms with Gasteiger partial charge in [-0.25, -0.2) is 18.4 Å². The maximum atomic E-state index is 12.3. The second kappa shape index (κ2) is 7.79. The third-order valence-electron chi connectivity index (χ3n) is 5.43. The molecule has 3 aromatic rings. The van der Waals surface area contributed by atoms with E-state index in [2.05, 4.69) is 39.4 Å². The highest BCUT2D eigenvalue weighted by Crippen LogP contribution is 2.36. The van der Waals surface area contributed by atoms with E-state index in [1.165, 1.54) is 12.3 Å². The van der Waals surface area contributed by atoms with Crippen LogP contribution in [0.2, 0.25) is 5.02 Å². The molecular formula is C21H23ClN6O2S. The van der Waals surface area contributed by atoms with Crippen LogP contribution < -0.4 is 10.6 Å². The molecule has 1 aliphatic rings. The topological polar surface area (TPSA) is 124 Å². The summed E-state index contributed by atoms with van der Waals surface area (Å²) in [5.41, 5.74) is 1.74.